The van der Waals surface area contributed by atoms with Gasteiger partial charge in [-0.25, -0.2) is 13.4 Å². The van der Waals surface area contributed by atoms with E-state index in [1.807, 2.05) is 17.7 Å². The van der Waals surface area contributed by atoms with Gasteiger partial charge in [0.1, 0.15) is 5.75 Å². The average molecular weight is 317 g/mol. The van der Waals surface area contributed by atoms with E-state index in [0.717, 1.165) is 11.0 Å². The molecule has 0 aliphatic rings. The molecule has 0 saturated carbocycles. The number of rotatable bonds is 4. The van der Waals surface area contributed by atoms with Gasteiger partial charge in [-0.05, 0) is 42.5 Å². The molecule has 0 amide bonds. The van der Waals surface area contributed by atoms with E-state index in [4.69, 9.17) is 4.74 Å². The molecule has 22 heavy (non-hydrogen) atoms. The summed E-state index contributed by atoms with van der Waals surface area (Å²) >= 11 is 0. The molecule has 0 aliphatic carbocycles. The summed E-state index contributed by atoms with van der Waals surface area (Å²) in [4.78, 5) is 4.39. The zero-order valence-electron chi connectivity index (χ0n) is 12.1. The molecule has 2 aromatic carbocycles. The standard InChI is InChI=1S/C15H15N3O3S/c1-18-10-16-14-9-11(3-8-15(14)18)17-22(19,20)13-6-4-12(21-2)5-7-13/h3-10,17H,1-2H3. The summed E-state index contributed by atoms with van der Waals surface area (Å²) in [5, 5.41) is 0. The highest BCUT2D eigenvalue weighted by Gasteiger charge is 2.14. The van der Waals surface area contributed by atoms with Crippen LogP contribution in [-0.2, 0) is 17.1 Å². The van der Waals surface area contributed by atoms with Gasteiger partial charge in [0.15, 0.2) is 0 Å². The molecule has 3 rings (SSSR count). The second-order valence-corrected chi connectivity index (χ2v) is 6.52. The second-order valence-electron chi connectivity index (χ2n) is 4.84. The third-order valence-electron chi connectivity index (χ3n) is 3.35. The first-order chi connectivity index (χ1) is 10.5. The van der Waals surface area contributed by atoms with Crippen molar-refractivity contribution in [2.24, 2.45) is 7.05 Å². The van der Waals surface area contributed by atoms with Crippen molar-refractivity contribution in [3.8, 4) is 5.75 Å². The van der Waals surface area contributed by atoms with Crippen molar-refractivity contribution in [2.75, 3.05) is 11.8 Å². The number of anilines is 1. The van der Waals surface area contributed by atoms with E-state index in [1.54, 1.807) is 30.6 Å². The molecule has 3 aromatic rings. The van der Waals surface area contributed by atoms with Gasteiger partial charge in [0, 0.05) is 7.05 Å². The molecule has 0 atom stereocenters. The Morgan fingerprint density at radius 2 is 1.86 bits per heavy atom. The molecule has 1 aromatic heterocycles. The largest absolute Gasteiger partial charge is 0.497 e. The Hall–Kier alpha value is -2.54. The van der Waals surface area contributed by atoms with E-state index < -0.39 is 10.0 Å². The van der Waals surface area contributed by atoms with Gasteiger partial charge in [0.25, 0.3) is 10.0 Å². The van der Waals surface area contributed by atoms with Crippen LogP contribution in [0.3, 0.4) is 0 Å². The maximum absolute atomic E-state index is 12.4. The maximum atomic E-state index is 12.4. The fraction of sp³-hybridized carbons (Fsp3) is 0.133. The molecule has 0 radical (unpaired) electrons. The number of aryl methyl sites for hydroxylation is 1. The minimum atomic E-state index is -3.64. The minimum Gasteiger partial charge on any atom is -0.497 e. The van der Waals surface area contributed by atoms with E-state index in [2.05, 4.69) is 9.71 Å². The zero-order valence-corrected chi connectivity index (χ0v) is 13.0. The van der Waals surface area contributed by atoms with Crippen LogP contribution in [0.15, 0.2) is 53.7 Å². The smallest absolute Gasteiger partial charge is 0.261 e. The normalized spacial score (nSPS) is 11.5. The molecule has 0 spiro atoms. The van der Waals surface area contributed by atoms with Crippen molar-refractivity contribution in [1.82, 2.24) is 9.55 Å². The second kappa shape index (κ2) is 5.34. The Morgan fingerprint density at radius 1 is 1.14 bits per heavy atom. The number of benzene rings is 2. The summed E-state index contributed by atoms with van der Waals surface area (Å²) in [5.41, 5.74) is 2.15. The van der Waals surface area contributed by atoms with Gasteiger partial charge in [0.2, 0.25) is 0 Å². The van der Waals surface area contributed by atoms with Crippen LogP contribution < -0.4 is 9.46 Å². The monoisotopic (exact) mass is 317 g/mol. The van der Waals surface area contributed by atoms with Crippen molar-refractivity contribution in [2.45, 2.75) is 4.90 Å². The van der Waals surface area contributed by atoms with Crippen molar-refractivity contribution in [3.05, 3.63) is 48.8 Å². The number of fused-ring (bicyclic) bond motifs is 1. The summed E-state index contributed by atoms with van der Waals surface area (Å²) in [6.07, 6.45) is 1.69. The fourth-order valence-electron chi connectivity index (χ4n) is 2.17. The molecule has 114 valence electrons. The molecule has 0 saturated heterocycles. The first-order valence-corrected chi connectivity index (χ1v) is 8.06. The molecule has 7 heteroatoms. The number of nitrogens with zero attached hydrogens (tertiary/aromatic N) is 2. The average Bonchev–Trinajstić information content (AvgIpc) is 2.88. The highest BCUT2D eigenvalue weighted by atomic mass is 32.2. The van der Waals surface area contributed by atoms with Crippen LogP contribution in [0.5, 0.6) is 5.75 Å². The number of aromatic nitrogens is 2. The lowest BCUT2D eigenvalue weighted by molar-refractivity contribution is 0.414. The molecule has 0 unspecified atom stereocenters. The molecule has 0 fully saturated rings. The van der Waals surface area contributed by atoms with Crippen molar-refractivity contribution in [3.63, 3.8) is 0 Å². The SMILES string of the molecule is COc1ccc(S(=O)(=O)Nc2ccc3c(c2)ncn3C)cc1. The Kier molecular flexibility index (Phi) is 3.50. The fourth-order valence-corrected chi connectivity index (χ4v) is 3.22. The van der Waals surface area contributed by atoms with Gasteiger partial charge in [-0.2, -0.15) is 0 Å². The van der Waals surface area contributed by atoms with Gasteiger partial charge in [0.05, 0.1) is 35.1 Å². The lowest BCUT2D eigenvalue weighted by atomic mass is 10.3. The van der Waals surface area contributed by atoms with Crippen LogP contribution in [0.2, 0.25) is 0 Å². The molecule has 0 aliphatic heterocycles. The van der Waals surface area contributed by atoms with E-state index in [1.165, 1.54) is 19.2 Å². The number of methoxy groups -OCH3 is 1. The van der Waals surface area contributed by atoms with Crippen LogP contribution in [-0.4, -0.2) is 25.1 Å². The van der Waals surface area contributed by atoms with Gasteiger partial charge in [-0.15, -0.1) is 0 Å². The third kappa shape index (κ3) is 2.62. The topological polar surface area (TPSA) is 73.2 Å². The quantitative estimate of drug-likeness (QED) is 0.802. The Morgan fingerprint density at radius 3 is 2.55 bits per heavy atom. The van der Waals surface area contributed by atoms with Crippen LogP contribution in [0, 0.1) is 0 Å². The maximum Gasteiger partial charge on any atom is 0.261 e. The zero-order chi connectivity index (χ0) is 15.7. The predicted octanol–water partition coefficient (Wildman–Crippen LogP) is 2.38. The van der Waals surface area contributed by atoms with Crippen LogP contribution in [0.4, 0.5) is 5.69 Å². The van der Waals surface area contributed by atoms with Gasteiger partial charge >= 0.3 is 0 Å². The number of imidazole rings is 1. The molecular weight excluding hydrogens is 302 g/mol. The predicted molar refractivity (Wildman–Crippen MR) is 84.5 cm³/mol. The Labute approximate surface area is 128 Å². The van der Waals surface area contributed by atoms with E-state index in [0.29, 0.717) is 11.4 Å². The van der Waals surface area contributed by atoms with Crippen molar-refractivity contribution >= 4 is 26.7 Å². The Balaban J connectivity index is 1.91. The number of sulfonamides is 1. The van der Waals surface area contributed by atoms with E-state index in [9.17, 15) is 8.42 Å². The highest BCUT2D eigenvalue weighted by Crippen LogP contribution is 2.22. The number of hydrogen-bond donors (Lipinski definition) is 1. The Bertz CT molecular complexity index is 915. The van der Waals surface area contributed by atoms with Crippen molar-refractivity contribution < 1.29 is 13.2 Å². The summed E-state index contributed by atoms with van der Waals surface area (Å²) in [5.74, 6) is 0.605. The summed E-state index contributed by atoms with van der Waals surface area (Å²) in [6, 6.07) is 11.5. The summed E-state index contributed by atoms with van der Waals surface area (Å²) < 4.78 is 34.2. The lowest BCUT2D eigenvalue weighted by Gasteiger charge is -2.09. The lowest BCUT2D eigenvalue weighted by Crippen LogP contribution is -2.12. The van der Waals surface area contributed by atoms with Gasteiger partial charge < -0.3 is 9.30 Å². The van der Waals surface area contributed by atoms with Crippen molar-refractivity contribution in [1.29, 1.82) is 0 Å². The molecule has 6 nitrogen and oxygen atoms in total. The summed E-state index contributed by atoms with van der Waals surface area (Å²) in [6.45, 7) is 0. The number of ether oxygens (including phenoxy) is 1. The van der Waals surface area contributed by atoms with Crippen LogP contribution in [0.25, 0.3) is 11.0 Å². The number of nitrogens with one attached hydrogen (secondary N) is 1. The minimum absolute atomic E-state index is 0.175. The molecular formula is C15H15N3O3S. The van der Waals surface area contributed by atoms with Crippen LogP contribution >= 0.6 is 0 Å². The van der Waals surface area contributed by atoms with Gasteiger partial charge in [-0.3, -0.25) is 4.72 Å². The van der Waals surface area contributed by atoms with E-state index >= 15 is 0 Å². The first kappa shape index (κ1) is 14.4. The summed E-state index contributed by atoms with van der Waals surface area (Å²) in [7, 11) is -0.223. The molecule has 1 heterocycles. The van der Waals surface area contributed by atoms with Gasteiger partial charge in [-0.1, -0.05) is 0 Å². The first-order valence-electron chi connectivity index (χ1n) is 6.57. The molecule has 1 N–H and O–H groups in total. The van der Waals surface area contributed by atoms with E-state index in [-0.39, 0.29) is 4.90 Å². The van der Waals surface area contributed by atoms with Crippen LogP contribution in [0.1, 0.15) is 0 Å². The molecule has 0 bridgehead atoms. The number of hydrogen-bond acceptors (Lipinski definition) is 4. The highest BCUT2D eigenvalue weighted by molar-refractivity contribution is 7.92. The third-order valence-corrected chi connectivity index (χ3v) is 4.74.